The summed E-state index contributed by atoms with van der Waals surface area (Å²) in [7, 11) is -1.82. The molecule has 0 saturated carbocycles. The van der Waals surface area contributed by atoms with E-state index in [-0.39, 0.29) is 5.91 Å². The summed E-state index contributed by atoms with van der Waals surface area (Å²) in [5, 5.41) is 4.03. The van der Waals surface area contributed by atoms with E-state index in [9.17, 15) is 4.79 Å². The molecule has 0 spiro atoms. The highest BCUT2D eigenvalue weighted by Gasteiger charge is 2.44. The fourth-order valence-corrected chi connectivity index (χ4v) is 7.72. The largest absolute Gasteiger partial charge is 0.370 e. The zero-order valence-corrected chi connectivity index (χ0v) is 15.1. The lowest BCUT2D eigenvalue weighted by Crippen LogP contribution is -2.33. The molecule has 2 N–H and O–H groups in total. The van der Waals surface area contributed by atoms with Crippen molar-refractivity contribution in [2.75, 3.05) is 6.16 Å². The Hall–Kier alpha value is -2.44. The summed E-state index contributed by atoms with van der Waals surface area (Å²) in [6, 6.07) is 32.1. The molecule has 0 aromatic heterocycles. The molecule has 1 amide bonds. The van der Waals surface area contributed by atoms with Gasteiger partial charge in [-0.25, -0.2) is 0 Å². The van der Waals surface area contributed by atoms with Crippen molar-refractivity contribution in [3.05, 3.63) is 91.0 Å². The molecule has 0 aliphatic heterocycles. The molecule has 3 rings (SSSR count). The van der Waals surface area contributed by atoms with Gasteiger partial charge in [-0.3, -0.25) is 4.79 Å². The fourth-order valence-electron chi connectivity index (χ4n) is 3.37. The first-order valence-electron chi connectivity index (χ1n) is 8.57. The molecule has 0 fully saturated rings. The number of hydrogen-bond donors (Lipinski definition) is 1. The number of benzene rings is 3. The molecule has 0 unspecified atom stereocenters. The number of amides is 1. The van der Waals surface area contributed by atoms with Gasteiger partial charge in [0.2, 0.25) is 5.91 Å². The molecule has 0 radical (unpaired) electrons. The molecule has 126 valence electrons. The minimum atomic E-state index is -1.82. The van der Waals surface area contributed by atoms with Crippen LogP contribution in [0.25, 0.3) is 0 Å². The third-order valence-corrected chi connectivity index (χ3v) is 9.03. The Labute approximate surface area is 150 Å². The summed E-state index contributed by atoms with van der Waals surface area (Å²) in [6.07, 6.45) is 2.16. The van der Waals surface area contributed by atoms with Gasteiger partial charge >= 0.3 is 0 Å². The molecular formula is C22H23NOP+. The van der Waals surface area contributed by atoms with Gasteiger partial charge in [0.15, 0.2) is 0 Å². The molecule has 0 atom stereocenters. The van der Waals surface area contributed by atoms with Crippen LogP contribution in [0, 0.1) is 0 Å². The average Bonchev–Trinajstić information content (AvgIpc) is 2.67. The van der Waals surface area contributed by atoms with E-state index in [4.69, 9.17) is 5.73 Å². The summed E-state index contributed by atoms with van der Waals surface area (Å²) in [5.74, 6) is -0.229. The second-order valence-electron chi connectivity index (χ2n) is 6.11. The first-order valence-corrected chi connectivity index (χ1v) is 10.5. The van der Waals surface area contributed by atoms with Crippen LogP contribution in [0.1, 0.15) is 12.8 Å². The van der Waals surface area contributed by atoms with Crippen LogP contribution in [0.3, 0.4) is 0 Å². The lowest BCUT2D eigenvalue weighted by atomic mass is 10.3. The molecule has 0 aliphatic rings. The maximum atomic E-state index is 11.3. The first kappa shape index (κ1) is 17.4. The van der Waals surface area contributed by atoms with Gasteiger partial charge in [0.1, 0.15) is 23.2 Å². The quantitative estimate of drug-likeness (QED) is 0.655. The predicted octanol–water partition coefficient (Wildman–Crippen LogP) is 3.25. The van der Waals surface area contributed by atoms with Gasteiger partial charge in [0.05, 0.1) is 6.16 Å². The van der Waals surface area contributed by atoms with Gasteiger partial charge < -0.3 is 5.73 Å². The summed E-state index contributed by atoms with van der Waals surface area (Å²) in [6.45, 7) is 0. The smallest absolute Gasteiger partial charge is 0.217 e. The van der Waals surface area contributed by atoms with Crippen LogP contribution in [0.4, 0.5) is 0 Å². The van der Waals surface area contributed by atoms with E-state index in [0.29, 0.717) is 6.42 Å². The number of primary amides is 1. The van der Waals surface area contributed by atoms with Crippen molar-refractivity contribution >= 4 is 29.1 Å². The molecule has 3 heteroatoms. The second kappa shape index (κ2) is 8.09. The standard InChI is InChI=1S/C22H22NOP/c23-22(24)17-10-18-25(19-11-4-1-5-12-19,20-13-6-2-7-14-20)21-15-8-3-9-16-21/h1-9,11-16H,10,17-18H2,(H-,23,24)/p+1. The topological polar surface area (TPSA) is 43.1 Å². The van der Waals surface area contributed by atoms with E-state index in [0.717, 1.165) is 12.6 Å². The minimum Gasteiger partial charge on any atom is -0.370 e. The molecule has 3 aromatic rings. The third kappa shape index (κ3) is 3.81. The second-order valence-corrected chi connectivity index (χ2v) is 9.73. The Bertz CT molecular complexity index is 707. The lowest BCUT2D eigenvalue weighted by Gasteiger charge is -2.27. The Morgan fingerprint density at radius 2 is 1.04 bits per heavy atom. The van der Waals surface area contributed by atoms with E-state index in [1.807, 2.05) is 0 Å². The number of carbonyl (C=O) groups excluding carboxylic acids is 1. The highest BCUT2D eigenvalue weighted by molar-refractivity contribution is 7.95. The highest BCUT2D eigenvalue weighted by Crippen LogP contribution is 2.55. The van der Waals surface area contributed by atoms with Crippen molar-refractivity contribution < 1.29 is 4.79 Å². The van der Waals surface area contributed by atoms with E-state index in [2.05, 4.69) is 91.0 Å². The SMILES string of the molecule is NC(=O)CCC[P+](c1ccccc1)(c1ccccc1)c1ccccc1. The Morgan fingerprint density at radius 3 is 1.36 bits per heavy atom. The molecule has 2 nitrogen and oxygen atoms in total. The molecule has 0 saturated heterocycles. The first-order chi connectivity index (χ1) is 12.2. The number of hydrogen-bond acceptors (Lipinski definition) is 1. The minimum absolute atomic E-state index is 0.229. The fraction of sp³-hybridized carbons (Fsp3) is 0.136. The van der Waals surface area contributed by atoms with Crippen LogP contribution in [0.2, 0.25) is 0 Å². The third-order valence-electron chi connectivity index (χ3n) is 4.51. The summed E-state index contributed by atoms with van der Waals surface area (Å²) < 4.78 is 0. The van der Waals surface area contributed by atoms with Crippen LogP contribution in [-0.4, -0.2) is 12.1 Å². The van der Waals surface area contributed by atoms with Crippen LogP contribution < -0.4 is 21.6 Å². The number of nitrogens with two attached hydrogens (primary N) is 1. The maximum Gasteiger partial charge on any atom is 0.217 e. The zero-order chi connectivity index (χ0) is 17.5. The average molecular weight is 348 g/mol. The van der Waals surface area contributed by atoms with Crippen molar-refractivity contribution in [3.63, 3.8) is 0 Å². The highest BCUT2D eigenvalue weighted by atomic mass is 31.2. The van der Waals surface area contributed by atoms with Gasteiger partial charge in [-0.05, 0) is 42.8 Å². The normalized spacial score (nSPS) is 11.2. The molecule has 3 aromatic carbocycles. The summed E-state index contributed by atoms with van der Waals surface area (Å²) in [4.78, 5) is 11.3. The maximum absolute atomic E-state index is 11.3. The van der Waals surface area contributed by atoms with Gasteiger partial charge in [-0.15, -0.1) is 0 Å². The van der Waals surface area contributed by atoms with Gasteiger partial charge in [0.25, 0.3) is 0 Å². The van der Waals surface area contributed by atoms with Crippen LogP contribution in [-0.2, 0) is 4.79 Å². The molecular weight excluding hydrogens is 325 g/mol. The van der Waals surface area contributed by atoms with E-state index in [1.165, 1.54) is 15.9 Å². The van der Waals surface area contributed by atoms with E-state index in [1.54, 1.807) is 0 Å². The molecule has 0 aliphatic carbocycles. The molecule has 0 bridgehead atoms. The lowest BCUT2D eigenvalue weighted by molar-refractivity contribution is -0.118. The predicted molar refractivity (Wildman–Crippen MR) is 108 cm³/mol. The Kier molecular flexibility index (Phi) is 5.63. The van der Waals surface area contributed by atoms with Crippen molar-refractivity contribution in [2.45, 2.75) is 12.8 Å². The van der Waals surface area contributed by atoms with Crippen molar-refractivity contribution in [1.82, 2.24) is 0 Å². The zero-order valence-electron chi connectivity index (χ0n) is 14.2. The monoisotopic (exact) mass is 348 g/mol. The van der Waals surface area contributed by atoms with Crippen molar-refractivity contribution in [2.24, 2.45) is 5.73 Å². The van der Waals surface area contributed by atoms with Gasteiger partial charge in [-0.1, -0.05) is 54.6 Å². The van der Waals surface area contributed by atoms with Crippen molar-refractivity contribution in [3.8, 4) is 0 Å². The Morgan fingerprint density at radius 1 is 0.680 bits per heavy atom. The summed E-state index contributed by atoms with van der Waals surface area (Å²) >= 11 is 0. The van der Waals surface area contributed by atoms with Gasteiger partial charge in [-0.2, -0.15) is 0 Å². The van der Waals surface area contributed by atoms with Crippen LogP contribution >= 0.6 is 7.26 Å². The molecule has 0 heterocycles. The van der Waals surface area contributed by atoms with E-state index < -0.39 is 7.26 Å². The summed E-state index contributed by atoms with van der Waals surface area (Å²) in [5.41, 5.74) is 5.41. The van der Waals surface area contributed by atoms with Crippen LogP contribution in [0.5, 0.6) is 0 Å². The number of rotatable bonds is 7. The molecule has 25 heavy (non-hydrogen) atoms. The van der Waals surface area contributed by atoms with Crippen LogP contribution in [0.15, 0.2) is 91.0 Å². The van der Waals surface area contributed by atoms with E-state index >= 15 is 0 Å². The Balaban J connectivity index is 2.18. The number of carbonyl (C=O) groups is 1. The van der Waals surface area contributed by atoms with Crippen molar-refractivity contribution in [1.29, 1.82) is 0 Å². The van der Waals surface area contributed by atoms with Gasteiger partial charge in [0, 0.05) is 6.42 Å².